The first-order valence-electron chi connectivity index (χ1n) is 8.38. The van der Waals surface area contributed by atoms with Crippen molar-refractivity contribution in [2.45, 2.75) is 32.9 Å². The van der Waals surface area contributed by atoms with Crippen molar-refractivity contribution in [3.63, 3.8) is 0 Å². The summed E-state index contributed by atoms with van der Waals surface area (Å²) in [5, 5.41) is 5.89. The van der Waals surface area contributed by atoms with Gasteiger partial charge in [-0.15, -0.1) is 11.3 Å². The number of ether oxygens (including phenoxy) is 2. The van der Waals surface area contributed by atoms with Crippen molar-refractivity contribution in [3.8, 4) is 22.1 Å². The topological polar surface area (TPSA) is 63.7 Å². The van der Waals surface area contributed by atoms with E-state index in [1.54, 1.807) is 25.6 Å². The molecule has 142 valence electrons. The van der Waals surface area contributed by atoms with E-state index in [9.17, 15) is 4.79 Å². The van der Waals surface area contributed by atoms with Gasteiger partial charge < -0.3 is 14.8 Å². The monoisotopic (exact) mass is 377 g/mol. The Kier molecular flexibility index (Phi) is 6.61. The number of hydrogen-bond acceptors (Lipinski definition) is 6. The summed E-state index contributed by atoms with van der Waals surface area (Å²) in [6, 6.07) is 5.75. The Bertz CT molecular complexity index is 753. The number of methoxy groups -OCH3 is 2. The molecule has 0 atom stereocenters. The molecule has 0 aliphatic heterocycles. The van der Waals surface area contributed by atoms with Gasteiger partial charge in [0.2, 0.25) is 5.91 Å². The second kappa shape index (κ2) is 8.51. The second-order valence-corrected chi connectivity index (χ2v) is 8.04. The number of rotatable bonds is 7. The third-order valence-electron chi connectivity index (χ3n) is 3.54. The lowest BCUT2D eigenvalue weighted by atomic mass is 10.1. The first kappa shape index (κ1) is 20.2. The fourth-order valence-electron chi connectivity index (χ4n) is 2.52. The van der Waals surface area contributed by atoms with Crippen LogP contribution in [0.1, 0.15) is 26.5 Å². The van der Waals surface area contributed by atoms with Gasteiger partial charge in [-0.3, -0.25) is 9.69 Å². The van der Waals surface area contributed by atoms with Crippen LogP contribution in [0.3, 0.4) is 0 Å². The summed E-state index contributed by atoms with van der Waals surface area (Å²) in [6.07, 6.45) is 0. The van der Waals surface area contributed by atoms with Crippen molar-refractivity contribution in [1.82, 2.24) is 15.2 Å². The fourth-order valence-corrected chi connectivity index (χ4v) is 3.32. The third-order valence-corrected chi connectivity index (χ3v) is 4.48. The van der Waals surface area contributed by atoms with Crippen LogP contribution >= 0.6 is 11.3 Å². The highest BCUT2D eigenvalue weighted by Gasteiger charge is 2.16. The van der Waals surface area contributed by atoms with E-state index in [0.29, 0.717) is 24.6 Å². The molecule has 1 N–H and O–H groups in total. The molecule has 0 fully saturated rings. The SMILES string of the molecule is COc1ccc(-c2nc(CN(C)CC(=O)NC(C)(C)C)cs2)cc1OC. The van der Waals surface area contributed by atoms with E-state index in [4.69, 9.17) is 9.47 Å². The quantitative estimate of drug-likeness (QED) is 0.803. The van der Waals surface area contributed by atoms with Gasteiger partial charge in [-0.2, -0.15) is 0 Å². The Hall–Kier alpha value is -2.12. The maximum atomic E-state index is 12.0. The molecule has 0 saturated heterocycles. The molecule has 0 aliphatic carbocycles. The van der Waals surface area contributed by atoms with Gasteiger partial charge in [-0.1, -0.05) is 0 Å². The fraction of sp³-hybridized carbons (Fsp3) is 0.474. The molecule has 2 rings (SSSR count). The molecule has 0 spiro atoms. The number of benzene rings is 1. The molecule has 0 saturated carbocycles. The summed E-state index contributed by atoms with van der Waals surface area (Å²) >= 11 is 1.57. The summed E-state index contributed by atoms with van der Waals surface area (Å²) in [5.41, 5.74) is 1.69. The summed E-state index contributed by atoms with van der Waals surface area (Å²) < 4.78 is 10.6. The van der Waals surface area contributed by atoms with Crippen LogP contribution in [0, 0.1) is 0 Å². The van der Waals surface area contributed by atoms with Gasteiger partial charge in [-0.25, -0.2) is 4.98 Å². The van der Waals surface area contributed by atoms with Crippen LogP contribution < -0.4 is 14.8 Å². The molecule has 0 unspecified atom stereocenters. The van der Waals surface area contributed by atoms with Gasteiger partial charge >= 0.3 is 0 Å². The van der Waals surface area contributed by atoms with E-state index in [1.807, 2.05) is 56.3 Å². The van der Waals surface area contributed by atoms with E-state index in [1.165, 1.54) is 0 Å². The lowest BCUT2D eigenvalue weighted by Gasteiger charge is -2.23. The predicted molar refractivity (Wildman–Crippen MR) is 105 cm³/mol. The average molecular weight is 378 g/mol. The average Bonchev–Trinajstić information content (AvgIpc) is 3.00. The van der Waals surface area contributed by atoms with Crippen LogP contribution in [-0.2, 0) is 11.3 Å². The molecule has 1 amide bonds. The second-order valence-electron chi connectivity index (χ2n) is 7.18. The number of aromatic nitrogens is 1. The van der Waals surface area contributed by atoms with E-state index in [0.717, 1.165) is 16.3 Å². The van der Waals surface area contributed by atoms with E-state index in [2.05, 4.69) is 10.3 Å². The van der Waals surface area contributed by atoms with Crippen LogP contribution in [0.4, 0.5) is 0 Å². The van der Waals surface area contributed by atoms with Crippen LogP contribution in [0.5, 0.6) is 11.5 Å². The number of hydrogen-bond donors (Lipinski definition) is 1. The molecule has 0 radical (unpaired) electrons. The zero-order valence-corrected chi connectivity index (χ0v) is 17.1. The Morgan fingerprint density at radius 3 is 2.54 bits per heavy atom. The zero-order chi connectivity index (χ0) is 19.3. The highest BCUT2D eigenvalue weighted by atomic mass is 32.1. The van der Waals surface area contributed by atoms with Gasteiger partial charge in [0.05, 0.1) is 26.5 Å². The Labute approximate surface area is 159 Å². The van der Waals surface area contributed by atoms with Crippen molar-refractivity contribution >= 4 is 17.2 Å². The minimum atomic E-state index is -0.223. The lowest BCUT2D eigenvalue weighted by Crippen LogP contribution is -2.45. The largest absolute Gasteiger partial charge is 0.493 e. The Morgan fingerprint density at radius 2 is 1.92 bits per heavy atom. The van der Waals surface area contributed by atoms with Crippen molar-refractivity contribution in [1.29, 1.82) is 0 Å². The van der Waals surface area contributed by atoms with Crippen molar-refractivity contribution in [3.05, 3.63) is 29.3 Å². The number of thiazole rings is 1. The predicted octanol–water partition coefficient (Wildman–Crippen LogP) is 3.17. The molecule has 2 aromatic rings. The summed E-state index contributed by atoms with van der Waals surface area (Å²) in [5.74, 6) is 1.38. The number of amides is 1. The molecule has 1 aromatic heterocycles. The Morgan fingerprint density at radius 1 is 1.23 bits per heavy atom. The van der Waals surface area contributed by atoms with E-state index >= 15 is 0 Å². The first-order valence-corrected chi connectivity index (χ1v) is 9.26. The standard InChI is InChI=1S/C19H27N3O3S/c1-19(2,3)21-17(23)11-22(4)10-14-12-26-18(20-14)13-7-8-15(24-5)16(9-13)25-6/h7-9,12H,10-11H2,1-6H3,(H,21,23). The Balaban J connectivity index is 2.02. The van der Waals surface area contributed by atoms with Gasteiger partial charge in [0.15, 0.2) is 11.5 Å². The van der Waals surface area contributed by atoms with E-state index < -0.39 is 0 Å². The number of carbonyl (C=O) groups is 1. The van der Waals surface area contributed by atoms with Crippen LogP contribution in [0.15, 0.2) is 23.6 Å². The van der Waals surface area contributed by atoms with Gasteiger partial charge in [-0.05, 0) is 46.0 Å². The molecule has 26 heavy (non-hydrogen) atoms. The highest BCUT2D eigenvalue weighted by Crippen LogP contribution is 2.33. The zero-order valence-electron chi connectivity index (χ0n) is 16.3. The van der Waals surface area contributed by atoms with Gasteiger partial charge in [0.25, 0.3) is 0 Å². The van der Waals surface area contributed by atoms with E-state index in [-0.39, 0.29) is 11.4 Å². The number of carbonyl (C=O) groups excluding carboxylic acids is 1. The first-order chi connectivity index (χ1) is 12.2. The maximum absolute atomic E-state index is 12.0. The number of likely N-dealkylation sites (N-methyl/N-ethyl adjacent to an activating group) is 1. The molecule has 7 heteroatoms. The third kappa shape index (κ3) is 5.71. The molecular formula is C19H27N3O3S. The molecule has 1 aromatic carbocycles. The van der Waals surface area contributed by atoms with Crippen LogP contribution in [-0.4, -0.2) is 49.1 Å². The van der Waals surface area contributed by atoms with Crippen LogP contribution in [0.25, 0.3) is 10.6 Å². The highest BCUT2D eigenvalue weighted by molar-refractivity contribution is 7.13. The number of nitrogens with one attached hydrogen (secondary N) is 1. The summed E-state index contributed by atoms with van der Waals surface area (Å²) in [7, 11) is 5.15. The molecule has 6 nitrogen and oxygen atoms in total. The molecule has 0 aliphatic rings. The van der Waals surface area contributed by atoms with Crippen molar-refractivity contribution in [2.24, 2.45) is 0 Å². The van der Waals surface area contributed by atoms with Crippen molar-refractivity contribution < 1.29 is 14.3 Å². The molecular weight excluding hydrogens is 350 g/mol. The maximum Gasteiger partial charge on any atom is 0.234 e. The van der Waals surface area contributed by atoms with Crippen molar-refractivity contribution in [2.75, 3.05) is 27.8 Å². The number of nitrogens with zero attached hydrogens (tertiary/aromatic N) is 2. The minimum absolute atomic E-state index is 0.00958. The van der Waals surface area contributed by atoms with Gasteiger partial charge in [0, 0.05) is 23.0 Å². The lowest BCUT2D eigenvalue weighted by molar-refractivity contribution is -0.123. The summed E-state index contributed by atoms with van der Waals surface area (Å²) in [4.78, 5) is 18.7. The van der Waals surface area contributed by atoms with Crippen LogP contribution in [0.2, 0.25) is 0 Å². The normalized spacial score (nSPS) is 11.5. The smallest absolute Gasteiger partial charge is 0.234 e. The minimum Gasteiger partial charge on any atom is -0.493 e. The van der Waals surface area contributed by atoms with Gasteiger partial charge in [0.1, 0.15) is 5.01 Å². The summed E-state index contributed by atoms with van der Waals surface area (Å²) in [6.45, 7) is 6.87. The molecule has 0 bridgehead atoms. The molecule has 1 heterocycles.